The highest BCUT2D eigenvalue weighted by molar-refractivity contribution is 5.93. The third-order valence-electron chi connectivity index (χ3n) is 4.43. The SMILES string of the molecule is O=C(c1cnccn1)N1CCC2COC(=O)N2c2cc(F)ccc2C1. The second-order valence-electron chi connectivity index (χ2n) is 5.98. The zero-order valence-electron chi connectivity index (χ0n) is 13.3. The van der Waals surface area contributed by atoms with E-state index < -0.39 is 11.9 Å². The average molecular weight is 342 g/mol. The van der Waals surface area contributed by atoms with Gasteiger partial charge in [-0.3, -0.25) is 14.7 Å². The fourth-order valence-corrected chi connectivity index (χ4v) is 3.20. The van der Waals surface area contributed by atoms with Crippen molar-refractivity contribution >= 4 is 17.7 Å². The molecule has 2 amide bonds. The van der Waals surface area contributed by atoms with E-state index >= 15 is 0 Å². The molecule has 8 heteroatoms. The highest BCUT2D eigenvalue weighted by atomic mass is 19.1. The monoisotopic (exact) mass is 342 g/mol. The van der Waals surface area contributed by atoms with Gasteiger partial charge >= 0.3 is 6.09 Å². The molecular formula is C17H15FN4O3. The Hall–Kier alpha value is -3.03. The number of ether oxygens (including phenoxy) is 1. The smallest absolute Gasteiger partial charge is 0.414 e. The molecule has 0 spiro atoms. The standard InChI is InChI=1S/C17H15FN4O3/c18-12-2-1-11-9-21(16(23)14-8-19-4-5-20-14)6-3-13-10-25-17(24)22(13)15(11)7-12/h1-2,4-5,7-8,13H,3,6,9-10H2. The van der Waals surface area contributed by atoms with Crippen LogP contribution in [0.15, 0.2) is 36.8 Å². The summed E-state index contributed by atoms with van der Waals surface area (Å²) in [5, 5.41) is 0. The first-order valence-electron chi connectivity index (χ1n) is 7.93. The summed E-state index contributed by atoms with van der Waals surface area (Å²) < 4.78 is 18.9. The van der Waals surface area contributed by atoms with Gasteiger partial charge in [0.2, 0.25) is 0 Å². The fraction of sp³-hybridized carbons (Fsp3) is 0.294. The number of carbonyl (C=O) groups excluding carboxylic acids is 2. The summed E-state index contributed by atoms with van der Waals surface area (Å²) in [5.41, 5.74) is 1.38. The molecule has 0 radical (unpaired) electrons. The van der Waals surface area contributed by atoms with Gasteiger partial charge in [-0.05, 0) is 24.1 Å². The Morgan fingerprint density at radius 1 is 1.32 bits per heavy atom. The van der Waals surface area contributed by atoms with E-state index in [1.165, 1.54) is 35.6 Å². The van der Waals surface area contributed by atoms with E-state index in [-0.39, 0.29) is 30.8 Å². The minimum absolute atomic E-state index is 0.224. The molecule has 7 nitrogen and oxygen atoms in total. The van der Waals surface area contributed by atoms with Crippen molar-refractivity contribution in [3.63, 3.8) is 0 Å². The van der Waals surface area contributed by atoms with E-state index in [4.69, 9.17) is 4.74 Å². The fourth-order valence-electron chi connectivity index (χ4n) is 3.20. The second-order valence-corrected chi connectivity index (χ2v) is 5.98. The van der Waals surface area contributed by atoms with Crippen molar-refractivity contribution in [2.24, 2.45) is 0 Å². The molecule has 2 aliphatic rings. The lowest BCUT2D eigenvalue weighted by Crippen LogP contribution is -2.42. The van der Waals surface area contributed by atoms with E-state index in [0.717, 1.165) is 0 Å². The van der Waals surface area contributed by atoms with Crippen LogP contribution in [0.25, 0.3) is 0 Å². The quantitative estimate of drug-likeness (QED) is 0.792. The van der Waals surface area contributed by atoms with E-state index in [1.54, 1.807) is 11.0 Å². The molecule has 1 saturated heterocycles. The van der Waals surface area contributed by atoms with Crippen LogP contribution in [0.5, 0.6) is 0 Å². The molecule has 1 unspecified atom stereocenters. The van der Waals surface area contributed by atoms with Gasteiger partial charge in [-0.2, -0.15) is 0 Å². The molecule has 4 rings (SSSR count). The van der Waals surface area contributed by atoms with Gasteiger partial charge in [0.05, 0.1) is 17.9 Å². The minimum atomic E-state index is -0.481. The van der Waals surface area contributed by atoms with Crippen LogP contribution in [0.2, 0.25) is 0 Å². The largest absolute Gasteiger partial charge is 0.447 e. The number of aromatic nitrogens is 2. The van der Waals surface area contributed by atoms with Crippen molar-refractivity contribution in [2.45, 2.75) is 19.0 Å². The molecule has 1 fully saturated rings. The second kappa shape index (κ2) is 6.12. The van der Waals surface area contributed by atoms with E-state index in [0.29, 0.717) is 24.2 Å². The summed E-state index contributed by atoms with van der Waals surface area (Å²) in [4.78, 5) is 35.9. The number of cyclic esters (lactones) is 1. The molecule has 2 aromatic rings. The molecule has 1 atom stereocenters. The molecule has 1 aromatic carbocycles. The molecule has 1 aromatic heterocycles. The van der Waals surface area contributed by atoms with Crippen LogP contribution in [0.4, 0.5) is 14.9 Å². The van der Waals surface area contributed by atoms with Gasteiger partial charge in [-0.15, -0.1) is 0 Å². The highest BCUT2D eigenvalue weighted by Gasteiger charge is 2.38. The molecule has 0 aliphatic carbocycles. The summed E-state index contributed by atoms with van der Waals surface area (Å²) in [6.07, 6.45) is 4.44. The summed E-state index contributed by atoms with van der Waals surface area (Å²) in [6, 6.07) is 3.99. The number of anilines is 1. The Morgan fingerprint density at radius 3 is 3.00 bits per heavy atom. The molecular weight excluding hydrogens is 327 g/mol. The van der Waals surface area contributed by atoms with E-state index in [9.17, 15) is 14.0 Å². The van der Waals surface area contributed by atoms with E-state index in [2.05, 4.69) is 9.97 Å². The summed E-state index contributed by atoms with van der Waals surface area (Å²) >= 11 is 0. The van der Waals surface area contributed by atoms with Crippen LogP contribution >= 0.6 is 0 Å². The Kier molecular flexibility index (Phi) is 3.79. The predicted octanol–water partition coefficient (Wildman–Crippen LogP) is 1.99. The summed E-state index contributed by atoms with van der Waals surface area (Å²) in [6.45, 7) is 0.910. The number of benzene rings is 1. The van der Waals surface area contributed by atoms with Crippen molar-refractivity contribution in [2.75, 3.05) is 18.1 Å². The summed E-state index contributed by atoms with van der Waals surface area (Å²) in [5.74, 6) is -0.688. The van der Waals surface area contributed by atoms with Crippen molar-refractivity contribution in [1.82, 2.24) is 14.9 Å². The number of fused-ring (bicyclic) bond motifs is 3. The van der Waals surface area contributed by atoms with Gasteiger partial charge in [-0.1, -0.05) is 6.07 Å². The average Bonchev–Trinajstić information content (AvgIpc) is 2.98. The van der Waals surface area contributed by atoms with Gasteiger partial charge in [0.1, 0.15) is 18.1 Å². The van der Waals surface area contributed by atoms with Crippen molar-refractivity contribution in [3.8, 4) is 0 Å². The minimum Gasteiger partial charge on any atom is -0.447 e. The van der Waals surface area contributed by atoms with Gasteiger partial charge < -0.3 is 9.64 Å². The summed E-state index contributed by atoms with van der Waals surface area (Å²) in [7, 11) is 0. The maximum atomic E-state index is 13.8. The predicted molar refractivity (Wildman–Crippen MR) is 85.4 cm³/mol. The van der Waals surface area contributed by atoms with Crippen LogP contribution in [-0.2, 0) is 11.3 Å². The normalized spacial score (nSPS) is 19.6. The van der Waals surface area contributed by atoms with Gasteiger partial charge in [0.15, 0.2) is 0 Å². The molecule has 0 saturated carbocycles. The third kappa shape index (κ3) is 2.79. The Balaban J connectivity index is 1.72. The molecule has 3 heterocycles. The van der Waals surface area contributed by atoms with Gasteiger partial charge in [-0.25, -0.2) is 14.2 Å². The number of hydrogen-bond donors (Lipinski definition) is 0. The Bertz CT molecular complexity index is 830. The number of hydrogen-bond acceptors (Lipinski definition) is 5. The number of carbonyl (C=O) groups is 2. The molecule has 25 heavy (non-hydrogen) atoms. The van der Waals surface area contributed by atoms with Gasteiger partial charge in [0, 0.05) is 25.5 Å². The zero-order valence-corrected chi connectivity index (χ0v) is 13.3. The lowest BCUT2D eigenvalue weighted by atomic mass is 10.0. The van der Waals surface area contributed by atoms with E-state index in [1.807, 2.05) is 0 Å². The number of nitrogens with zero attached hydrogens (tertiary/aromatic N) is 4. The van der Waals surface area contributed by atoms with Crippen molar-refractivity contribution in [1.29, 1.82) is 0 Å². The van der Waals surface area contributed by atoms with Crippen molar-refractivity contribution in [3.05, 3.63) is 53.9 Å². The number of amides is 2. The Morgan fingerprint density at radius 2 is 2.20 bits per heavy atom. The molecule has 2 aliphatic heterocycles. The van der Waals surface area contributed by atoms with Crippen LogP contribution in [0, 0.1) is 5.82 Å². The van der Waals surface area contributed by atoms with Crippen molar-refractivity contribution < 1.29 is 18.7 Å². The Labute approximate surface area is 143 Å². The number of halogens is 1. The third-order valence-corrected chi connectivity index (χ3v) is 4.43. The molecule has 0 N–H and O–H groups in total. The van der Waals surface area contributed by atoms with Crippen LogP contribution in [-0.4, -0.2) is 46.1 Å². The van der Waals surface area contributed by atoms with Crippen LogP contribution in [0.1, 0.15) is 22.5 Å². The first-order chi connectivity index (χ1) is 12.1. The lowest BCUT2D eigenvalue weighted by Gasteiger charge is -2.32. The first-order valence-corrected chi connectivity index (χ1v) is 7.93. The molecule has 128 valence electrons. The maximum Gasteiger partial charge on any atom is 0.414 e. The lowest BCUT2D eigenvalue weighted by molar-refractivity contribution is 0.0728. The van der Waals surface area contributed by atoms with Gasteiger partial charge in [0.25, 0.3) is 5.91 Å². The highest BCUT2D eigenvalue weighted by Crippen LogP contribution is 2.32. The topological polar surface area (TPSA) is 75.6 Å². The number of rotatable bonds is 1. The van der Waals surface area contributed by atoms with Crippen LogP contribution < -0.4 is 4.90 Å². The maximum absolute atomic E-state index is 13.8. The zero-order chi connectivity index (χ0) is 17.4. The first kappa shape index (κ1) is 15.5. The molecule has 0 bridgehead atoms. The van der Waals surface area contributed by atoms with Crippen LogP contribution in [0.3, 0.4) is 0 Å².